The number of fused-ring (bicyclic) bond motifs is 1. The number of amides is 1. The quantitative estimate of drug-likeness (QED) is 0.722. The van der Waals surface area contributed by atoms with Crippen molar-refractivity contribution in [1.82, 2.24) is 29.6 Å². The number of carbonyl (C=O) groups excluding carboxylic acids is 1. The normalized spacial score (nSPS) is 16.9. The van der Waals surface area contributed by atoms with E-state index in [1.807, 2.05) is 30.3 Å². The number of nitrogens with one attached hydrogen (secondary N) is 2. The summed E-state index contributed by atoms with van der Waals surface area (Å²) in [6.45, 7) is 0.898. The van der Waals surface area contributed by atoms with Gasteiger partial charge in [-0.05, 0) is 5.56 Å². The maximum absolute atomic E-state index is 12.7. The Morgan fingerprint density at radius 1 is 1.29 bits per heavy atom. The van der Waals surface area contributed by atoms with Gasteiger partial charge in [0.1, 0.15) is 0 Å². The highest BCUT2D eigenvalue weighted by molar-refractivity contribution is 5.90. The number of hydrogen-bond acceptors (Lipinski definition) is 4. The molecule has 3 heterocycles. The molecule has 1 aliphatic heterocycles. The fourth-order valence-corrected chi connectivity index (χ4v) is 3.07. The van der Waals surface area contributed by atoms with Crippen LogP contribution in [0.15, 0.2) is 41.5 Å². The van der Waals surface area contributed by atoms with Crippen molar-refractivity contribution in [2.75, 3.05) is 6.54 Å². The summed E-state index contributed by atoms with van der Waals surface area (Å²) in [5.74, 6) is -0.258. The third-order valence-corrected chi connectivity index (χ3v) is 4.29. The van der Waals surface area contributed by atoms with Gasteiger partial charge >= 0.3 is 5.69 Å². The maximum Gasteiger partial charge on any atom is 0.343 e. The summed E-state index contributed by atoms with van der Waals surface area (Å²) < 4.78 is 1.12. The van der Waals surface area contributed by atoms with Gasteiger partial charge in [0, 0.05) is 19.5 Å². The molecular formula is C16H16N6O2. The third kappa shape index (κ3) is 2.32. The summed E-state index contributed by atoms with van der Waals surface area (Å²) in [6, 6.07) is 9.95. The predicted octanol–water partition coefficient (Wildman–Crippen LogP) is 0.619. The second kappa shape index (κ2) is 5.48. The first kappa shape index (κ1) is 14.4. The van der Waals surface area contributed by atoms with Gasteiger partial charge in [0.15, 0.2) is 0 Å². The zero-order valence-electron chi connectivity index (χ0n) is 13.1. The second-order valence-corrected chi connectivity index (χ2v) is 5.82. The van der Waals surface area contributed by atoms with Gasteiger partial charge < -0.3 is 9.88 Å². The number of aromatic amines is 2. The summed E-state index contributed by atoms with van der Waals surface area (Å²) >= 11 is 0. The Morgan fingerprint density at radius 3 is 2.79 bits per heavy atom. The van der Waals surface area contributed by atoms with Crippen molar-refractivity contribution in [2.45, 2.75) is 12.5 Å². The van der Waals surface area contributed by atoms with Gasteiger partial charge in [-0.1, -0.05) is 30.3 Å². The molecule has 0 saturated heterocycles. The van der Waals surface area contributed by atoms with Gasteiger partial charge in [-0.15, -0.1) is 5.10 Å². The molecule has 2 N–H and O–H groups in total. The minimum absolute atomic E-state index is 0.0133. The average molecular weight is 324 g/mol. The smallest absolute Gasteiger partial charge is 0.343 e. The van der Waals surface area contributed by atoms with Gasteiger partial charge in [-0.25, -0.2) is 14.5 Å². The van der Waals surface area contributed by atoms with Crippen LogP contribution in [-0.4, -0.2) is 42.1 Å². The summed E-state index contributed by atoms with van der Waals surface area (Å²) in [5.41, 5.74) is 2.55. The molecule has 3 aromatic rings. The first-order chi connectivity index (χ1) is 11.6. The summed E-state index contributed by atoms with van der Waals surface area (Å²) in [7, 11) is 1.51. The summed E-state index contributed by atoms with van der Waals surface area (Å²) in [6.07, 6.45) is 1.65. The second-order valence-electron chi connectivity index (χ2n) is 5.82. The fourth-order valence-electron chi connectivity index (χ4n) is 3.07. The van der Waals surface area contributed by atoms with E-state index in [1.54, 1.807) is 11.2 Å². The number of carbonyl (C=O) groups is 1. The Morgan fingerprint density at radius 2 is 2.08 bits per heavy atom. The van der Waals surface area contributed by atoms with E-state index < -0.39 is 5.69 Å². The van der Waals surface area contributed by atoms with Crippen LogP contribution in [0.4, 0.5) is 0 Å². The molecule has 0 saturated carbocycles. The Bertz CT molecular complexity index is 939. The molecule has 0 bridgehead atoms. The fraction of sp³-hybridized carbons (Fsp3) is 0.250. The molecule has 1 aliphatic rings. The lowest BCUT2D eigenvalue weighted by Crippen LogP contribution is -2.39. The van der Waals surface area contributed by atoms with Crippen LogP contribution >= 0.6 is 0 Å². The minimum Gasteiger partial charge on any atom is -0.347 e. The van der Waals surface area contributed by atoms with E-state index in [9.17, 15) is 9.59 Å². The number of benzene rings is 1. The molecule has 1 atom stereocenters. The number of nitrogens with zero attached hydrogens (tertiary/aromatic N) is 4. The van der Waals surface area contributed by atoms with Crippen LogP contribution in [0.3, 0.4) is 0 Å². The first-order valence-electron chi connectivity index (χ1n) is 7.63. The van der Waals surface area contributed by atoms with Crippen molar-refractivity contribution in [1.29, 1.82) is 0 Å². The molecule has 2 aromatic heterocycles. The largest absolute Gasteiger partial charge is 0.347 e. The third-order valence-electron chi connectivity index (χ3n) is 4.29. The highest BCUT2D eigenvalue weighted by atomic mass is 16.2. The van der Waals surface area contributed by atoms with Crippen LogP contribution in [0, 0.1) is 0 Å². The van der Waals surface area contributed by atoms with Crippen molar-refractivity contribution >= 4 is 5.91 Å². The number of aryl methyl sites for hydroxylation is 1. The van der Waals surface area contributed by atoms with Gasteiger partial charge in [0.2, 0.25) is 5.82 Å². The van der Waals surface area contributed by atoms with Crippen LogP contribution in [0.25, 0.3) is 0 Å². The monoisotopic (exact) mass is 324 g/mol. The van der Waals surface area contributed by atoms with E-state index in [0.717, 1.165) is 21.6 Å². The van der Waals surface area contributed by atoms with Gasteiger partial charge in [0.25, 0.3) is 5.91 Å². The van der Waals surface area contributed by atoms with Crippen molar-refractivity contribution in [3.8, 4) is 0 Å². The summed E-state index contributed by atoms with van der Waals surface area (Å²) in [5, 5.41) is 3.96. The molecule has 4 rings (SSSR count). The van der Waals surface area contributed by atoms with Crippen LogP contribution < -0.4 is 5.69 Å². The lowest BCUT2D eigenvalue weighted by Gasteiger charge is -2.31. The predicted molar refractivity (Wildman–Crippen MR) is 85.4 cm³/mol. The topological polar surface area (TPSA) is 99.7 Å². The highest BCUT2D eigenvalue weighted by Crippen LogP contribution is 2.31. The Kier molecular flexibility index (Phi) is 3.30. The number of aromatic nitrogens is 5. The van der Waals surface area contributed by atoms with Gasteiger partial charge in [-0.3, -0.25) is 9.78 Å². The molecule has 0 spiro atoms. The van der Waals surface area contributed by atoms with Crippen molar-refractivity contribution in [3.05, 3.63) is 69.9 Å². The molecule has 122 valence electrons. The molecule has 1 amide bonds. The zero-order valence-corrected chi connectivity index (χ0v) is 13.1. The van der Waals surface area contributed by atoms with Crippen LogP contribution in [0.1, 0.15) is 33.5 Å². The van der Waals surface area contributed by atoms with Crippen LogP contribution in [0.5, 0.6) is 0 Å². The molecule has 0 aliphatic carbocycles. The first-order valence-corrected chi connectivity index (χ1v) is 7.63. The maximum atomic E-state index is 12.7. The molecule has 1 unspecified atom stereocenters. The summed E-state index contributed by atoms with van der Waals surface area (Å²) in [4.78, 5) is 36.0. The van der Waals surface area contributed by atoms with Gasteiger partial charge in [-0.2, -0.15) is 0 Å². The van der Waals surface area contributed by atoms with E-state index in [0.29, 0.717) is 13.1 Å². The van der Waals surface area contributed by atoms with Gasteiger partial charge in [0.05, 0.1) is 24.3 Å². The van der Waals surface area contributed by atoms with Crippen molar-refractivity contribution < 1.29 is 4.79 Å². The molecular weight excluding hydrogens is 308 g/mol. The number of rotatable bonds is 2. The van der Waals surface area contributed by atoms with E-state index in [2.05, 4.69) is 20.1 Å². The standard InChI is InChI=1S/C16H16N6O2/c1-21-16(24)19-14(20-21)15(23)22-7-11(10-5-3-2-4-6-10)13-12(8-22)17-9-18-13/h2-6,9,11H,7-8H2,1H3,(H,17,18)(H,19,20,24). The number of imidazole rings is 1. The molecule has 8 heteroatoms. The SMILES string of the molecule is Cn1nc(C(=O)N2Cc3[nH]cnc3C(c3ccccc3)C2)[nH]c1=O. The van der Waals surface area contributed by atoms with Crippen molar-refractivity contribution in [2.24, 2.45) is 7.05 Å². The van der Waals surface area contributed by atoms with Crippen LogP contribution in [0.2, 0.25) is 0 Å². The van der Waals surface area contributed by atoms with E-state index in [-0.39, 0.29) is 17.6 Å². The van der Waals surface area contributed by atoms with E-state index in [1.165, 1.54) is 7.05 Å². The Balaban J connectivity index is 1.69. The van der Waals surface area contributed by atoms with E-state index in [4.69, 9.17) is 0 Å². The lowest BCUT2D eigenvalue weighted by atomic mass is 9.91. The Hall–Kier alpha value is -3.16. The Labute approximate surface area is 137 Å². The van der Waals surface area contributed by atoms with Crippen LogP contribution in [-0.2, 0) is 13.6 Å². The molecule has 0 fully saturated rings. The van der Waals surface area contributed by atoms with E-state index >= 15 is 0 Å². The highest BCUT2D eigenvalue weighted by Gasteiger charge is 2.32. The zero-order chi connectivity index (χ0) is 16.7. The minimum atomic E-state index is -0.405. The number of H-pyrrole nitrogens is 2. The molecule has 8 nitrogen and oxygen atoms in total. The molecule has 24 heavy (non-hydrogen) atoms. The van der Waals surface area contributed by atoms with Crippen molar-refractivity contribution in [3.63, 3.8) is 0 Å². The average Bonchev–Trinajstić information content (AvgIpc) is 3.21. The molecule has 0 radical (unpaired) electrons. The number of hydrogen-bond donors (Lipinski definition) is 2. The molecule has 1 aromatic carbocycles. The lowest BCUT2D eigenvalue weighted by molar-refractivity contribution is 0.0709.